The van der Waals surface area contributed by atoms with E-state index in [-0.39, 0.29) is 17.2 Å². The standard InChI is InChI=1S/C9H11BFNO4/c1-5(2)8-7(12(15)16)4-3-6(11)9(8)10(13)14/h3-5,13-14H,1-2H3. The van der Waals surface area contributed by atoms with Gasteiger partial charge in [-0.25, -0.2) is 4.39 Å². The zero-order valence-electron chi connectivity index (χ0n) is 8.85. The molecule has 0 saturated heterocycles. The van der Waals surface area contributed by atoms with Crippen LogP contribution in [0.2, 0.25) is 0 Å². The average Bonchev–Trinajstić information content (AvgIpc) is 2.15. The van der Waals surface area contributed by atoms with Crippen molar-refractivity contribution in [2.45, 2.75) is 19.8 Å². The molecule has 2 N–H and O–H groups in total. The highest BCUT2D eigenvalue weighted by molar-refractivity contribution is 6.59. The molecule has 16 heavy (non-hydrogen) atoms. The summed E-state index contributed by atoms with van der Waals surface area (Å²) in [5.41, 5.74) is -0.719. The van der Waals surface area contributed by atoms with Gasteiger partial charge in [0.05, 0.1) is 4.92 Å². The van der Waals surface area contributed by atoms with Crippen LogP contribution in [0.4, 0.5) is 10.1 Å². The normalized spacial score (nSPS) is 10.6. The van der Waals surface area contributed by atoms with E-state index in [2.05, 4.69) is 0 Å². The Morgan fingerprint density at radius 3 is 2.38 bits per heavy atom. The summed E-state index contributed by atoms with van der Waals surface area (Å²) in [6.45, 7) is 3.24. The van der Waals surface area contributed by atoms with Crippen molar-refractivity contribution >= 4 is 18.3 Å². The average molecular weight is 227 g/mol. The summed E-state index contributed by atoms with van der Waals surface area (Å²) in [5.74, 6) is -1.24. The smallest absolute Gasteiger partial charge is 0.423 e. The second-order valence-electron chi connectivity index (χ2n) is 3.68. The number of rotatable bonds is 3. The molecule has 0 unspecified atom stereocenters. The lowest BCUT2D eigenvalue weighted by atomic mass is 9.73. The number of nitro benzene ring substituents is 1. The van der Waals surface area contributed by atoms with Gasteiger partial charge in [-0.15, -0.1) is 0 Å². The molecule has 1 aromatic carbocycles. The van der Waals surface area contributed by atoms with Gasteiger partial charge in [-0.05, 0) is 12.0 Å². The lowest BCUT2D eigenvalue weighted by Crippen LogP contribution is -2.37. The van der Waals surface area contributed by atoms with Gasteiger partial charge in [0.1, 0.15) is 5.82 Å². The molecule has 1 aromatic rings. The first-order valence-electron chi connectivity index (χ1n) is 4.69. The Hall–Kier alpha value is -1.47. The van der Waals surface area contributed by atoms with Gasteiger partial charge in [0.25, 0.3) is 5.69 Å². The van der Waals surface area contributed by atoms with Crippen molar-refractivity contribution in [3.63, 3.8) is 0 Å². The number of hydrogen-bond donors (Lipinski definition) is 2. The molecule has 0 spiro atoms. The Morgan fingerprint density at radius 1 is 1.44 bits per heavy atom. The first-order valence-corrected chi connectivity index (χ1v) is 4.69. The lowest BCUT2D eigenvalue weighted by molar-refractivity contribution is -0.385. The molecule has 0 aliphatic rings. The molecule has 1 rings (SSSR count). The van der Waals surface area contributed by atoms with Crippen LogP contribution >= 0.6 is 0 Å². The Labute approximate surface area is 91.8 Å². The van der Waals surface area contributed by atoms with Crippen molar-refractivity contribution in [3.8, 4) is 0 Å². The van der Waals surface area contributed by atoms with E-state index in [1.54, 1.807) is 13.8 Å². The predicted octanol–water partition coefficient (Wildman–Crippen LogP) is 0.537. The van der Waals surface area contributed by atoms with Crippen molar-refractivity contribution in [3.05, 3.63) is 33.6 Å². The summed E-state index contributed by atoms with van der Waals surface area (Å²) < 4.78 is 13.4. The van der Waals surface area contributed by atoms with Crippen LogP contribution in [0.5, 0.6) is 0 Å². The van der Waals surface area contributed by atoms with Crippen LogP contribution < -0.4 is 5.46 Å². The summed E-state index contributed by atoms with van der Waals surface area (Å²) in [7, 11) is -2.06. The number of halogens is 1. The van der Waals surface area contributed by atoms with Gasteiger partial charge in [0, 0.05) is 17.1 Å². The molecule has 0 heterocycles. The van der Waals surface area contributed by atoms with E-state index in [9.17, 15) is 14.5 Å². The lowest BCUT2D eigenvalue weighted by Gasteiger charge is -2.13. The van der Waals surface area contributed by atoms with Crippen LogP contribution in [-0.4, -0.2) is 22.1 Å². The summed E-state index contributed by atoms with van der Waals surface area (Å²) in [6.07, 6.45) is 0. The summed E-state index contributed by atoms with van der Waals surface area (Å²) in [4.78, 5) is 10.1. The molecule has 0 amide bonds. The molecule has 0 bridgehead atoms. The number of nitrogens with zero attached hydrogens (tertiary/aromatic N) is 1. The van der Waals surface area contributed by atoms with Crippen molar-refractivity contribution < 1.29 is 19.4 Å². The van der Waals surface area contributed by atoms with Crippen molar-refractivity contribution in [1.29, 1.82) is 0 Å². The third kappa shape index (κ3) is 2.20. The van der Waals surface area contributed by atoms with Gasteiger partial charge in [-0.1, -0.05) is 13.8 Å². The topological polar surface area (TPSA) is 83.6 Å². The van der Waals surface area contributed by atoms with Gasteiger partial charge in [0.15, 0.2) is 0 Å². The van der Waals surface area contributed by atoms with Crippen LogP contribution in [-0.2, 0) is 0 Å². The highest BCUT2D eigenvalue weighted by Crippen LogP contribution is 2.25. The van der Waals surface area contributed by atoms with E-state index in [0.29, 0.717) is 0 Å². The van der Waals surface area contributed by atoms with Gasteiger partial charge in [0.2, 0.25) is 0 Å². The van der Waals surface area contributed by atoms with Crippen molar-refractivity contribution in [2.75, 3.05) is 0 Å². The van der Waals surface area contributed by atoms with E-state index < -0.39 is 23.3 Å². The van der Waals surface area contributed by atoms with Crippen molar-refractivity contribution in [1.82, 2.24) is 0 Å². The van der Waals surface area contributed by atoms with Crippen molar-refractivity contribution in [2.24, 2.45) is 0 Å². The Balaban J connectivity index is 3.56. The zero-order chi connectivity index (χ0) is 12.5. The van der Waals surface area contributed by atoms with Crippen LogP contribution in [0.1, 0.15) is 25.3 Å². The molecule has 0 atom stereocenters. The predicted molar refractivity (Wildman–Crippen MR) is 57.0 cm³/mol. The number of nitro groups is 1. The quantitative estimate of drug-likeness (QED) is 0.448. The van der Waals surface area contributed by atoms with Gasteiger partial charge in [-0.3, -0.25) is 10.1 Å². The second-order valence-corrected chi connectivity index (χ2v) is 3.68. The molecule has 5 nitrogen and oxygen atoms in total. The van der Waals surface area contributed by atoms with Crippen LogP contribution in [0.15, 0.2) is 12.1 Å². The molecule has 0 aromatic heterocycles. The Morgan fingerprint density at radius 2 is 2.00 bits per heavy atom. The Bertz CT molecular complexity index is 422. The summed E-state index contributed by atoms with van der Waals surface area (Å²) in [5, 5.41) is 28.8. The maximum atomic E-state index is 13.4. The third-order valence-corrected chi connectivity index (χ3v) is 2.24. The summed E-state index contributed by atoms with van der Waals surface area (Å²) in [6, 6.07) is 1.88. The van der Waals surface area contributed by atoms with E-state index in [4.69, 9.17) is 10.0 Å². The maximum absolute atomic E-state index is 13.4. The first kappa shape index (κ1) is 12.6. The Kier molecular flexibility index (Phi) is 3.61. The minimum atomic E-state index is -2.06. The second kappa shape index (κ2) is 4.59. The fourth-order valence-electron chi connectivity index (χ4n) is 1.63. The summed E-state index contributed by atoms with van der Waals surface area (Å²) >= 11 is 0. The molecule has 86 valence electrons. The largest absolute Gasteiger partial charge is 0.491 e. The van der Waals surface area contributed by atoms with E-state index in [1.807, 2.05) is 0 Å². The minimum Gasteiger partial charge on any atom is -0.423 e. The molecular weight excluding hydrogens is 216 g/mol. The molecule has 0 aliphatic carbocycles. The van der Waals surface area contributed by atoms with Gasteiger partial charge in [-0.2, -0.15) is 0 Å². The number of hydrogen-bond acceptors (Lipinski definition) is 4. The first-order chi connectivity index (χ1) is 7.36. The minimum absolute atomic E-state index is 0.0139. The van der Waals surface area contributed by atoms with Gasteiger partial charge >= 0.3 is 7.12 Å². The molecule has 0 fully saturated rings. The highest BCUT2D eigenvalue weighted by atomic mass is 19.1. The number of benzene rings is 1. The van der Waals surface area contributed by atoms with E-state index >= 15 is 0 Å². The maximum Gasteiger partial charge on any atom is 0.491 e. The monoisotopic (exact) mass is 227 g/mol. The fraction of sp³-hybridized carbons (Fsp3) is 0.333. The molecule has 0 radical (unpaired) electrons. The fourth-order valence-corrected chi connectivity index (χ4v) is 1.63. The molecule has 0 aliphatic heterocycles. The zero-order valence-corrected chi connectivity index (χ0v) is 8.85. The van der Waals surface area contributed by atoms with Crippen LogP contribution in [0, 0.1) is 15.9 Å². The molecular formula is C9H11BFNO4. The molecule has 7 heteroatoms. The van der Waals surface area contributed by atoms with E-state index in [0.717, 1.165) is 12.1 Å². The SMILES string of the molecule is CC(C)c1c([N+](=O)[O-])ccc(F)c1B(O)O. The van der Waals surface area contributed by atoms with Crippen LogP contribution in [0.3, 0.4) is 0 Å². The van der Waals surface area contributed by atoms with E-state index in [1.165, 1.54) is 0 Å². The van der Waals surface area contributed by atoms with Crippen LogP contribution in [0.25, 0.3) is 0 Å². The van der Waals surface area contributed by atoms with Gasteiger partial charge < -0.3 is 10.0 Å². The molecule has 0 saturated carbocycles. The third-order valence-electron chi connectivity index (χ3n) is 2.24. The highest BCUT2D eigenvalue weighted by Gasteiger charge is 2.29.